The van der Waals surface area contributed by atoms with E-state index >= 15 is 0 Å². The maximum absolute atomic E-state index is 13.1. The van der Waals surface area contributed by atoms with Gasteiger partial charge in [0.25, 0.3) is 0 Å². The lowest BCUT2D eigenvalue weighted by molar-refractivity contribution is -0.131. The summed E-state index contributed by atoms with van der Waals surface area (Å²) in [7, 11) is -1.98. The Morgan fingerprint density at radius 3 is 1.88 bits per heavy atom. The van der Waals surface area contributed by atoms with E-state index in [9.17, 15) is 9.36 Å². The molecule has 0 bridgehead atoms. The predicted octanol–water partition coefficient (Wildman–Crippen LogP) is 4.07. The molecule has 0 saturated carbocycles. The Balaban J connectivity index is 1.94. The van der Waals surface area contributed by atoms with Gasteiger partial charge in [-0.05, 0) is 17.5 Å². The Bertz CT molecular complexity index is 661. The fourth-order valence-corrected chi connectivity index (χ4v) is 3.83. The fraction of sp³-hybridized carbons (Fsp3) is 0.316. The van der Waals surface area contributed by atoms with Gasteiger partial charge in [0.15, 0.2) is 0 Å². The Labute approximate surface area is 154 Å². The van der Waals surface area contributed by atoms with Gasteiger partial charge in [-0.3, -0.25) is 14.2 Å². The normalized spacial score (nSPS) is 11.3. The first-order valence-electron chi connectivity index (χ1n) is 8.39. The van der Waals surface area contributed by atoms with Gasteiger partial charge in [-0.25, -0.2) is 5.48 Å². The SMILES string of the molecule is CONC(=O)CCCP(=O)(OCc1ccccc1)OCc1ccccc1. The van der Waals surface area contributed by atoms with Gasteiger partial charge in [-0.2, -0.15) is 0 Å². The number of hydroxylamine groups is 1. The Morgan fingerprint density at radius 1 is 0.923 bits per heavy atom. The van der Waals surface area contributed by atoms with Crippen molar-refractivity contribution < 1.29 is 23.2 Å². The molecule has 0 unspecified atom stereocenters. The molecule has 0 aliphatic rings. The molecule has 0 spiro atoms. The predicted molar refractivity (Wildman–Crippen MR) is 99.3 cm³/mol. The maximum atomic E-state index is 13.1. The van der Waals surface area contributed by atoms with Crippen LogP contribution >= 0.6 is 7.60 Å². The summed E-state index contributed by atoms with van der Waals surface area (Å²) in [6.07, 6.45) is 0.709. The molecule has 26 heavy (non-hydrogen) atoms. The summed E-state index contributed by atoms with van der Waals surface area (Å²) < 4.78 is 24.4. The highest BCUT2D eigenvalue weighted by Gasteiger charge is 2.25. The lowest BCUT2D eigenvalue weighted by Crippen LogP contribution is -2.21. The molecule has 7 heteroatoms. The second kappa shape index (κ2) is 10.9. The lowest BCUT2D eigenvalue weighted by atomic mass is 10.2. The molecule has 0 fully saturated rings. The first kappa shape index (κ1) is 20.3. The van der Waals surface area contributed by atoms with Crippen LogP contribution in [0, 0.1) is 0 Å². The van der Waals surface area contributed by atoms with Gasteiger partial charge in [-0.15, -0.1) is 0 Å². The minimum atomic E-state index is -3.35. The second-order valence-corrected chi connectivity index (χ2v) is 7.87. The topological polar surface area (TPSA) is 73.9 Å². The van der Waals surface area contributed by atoms with Crippen LogP contribution in [0.4, 0.5) is 0 Å². The minimum absolute atomic E-state index is 0.157. The lowest BCUT2D eigenvalue weighted by Gasteiger charge is -2.19. The highest BCUT2D eigenvalue weighted by molar-refractivity contribution is 7.53. The average Bonchev–Trinajstić information content (AvgIpc) is 2.67. The average molecular weight is 377 g/mol. The van der Waals surface area contributed by atoms with Gasteiger partial charge in [0.05, 0.1) is 26.5 Å². The molecule has 140 valence electrons. The van der Waals surface area contributed by atoms with Gasteiger partial charge < -0.3 is 9.05 Å². The Hall–Kier alpha value is -1.98. The molecular formula is C19H24NO5P. The van der Waals surface area contributed by atoms with Crippen molar-refractivity contribution in [1.29, 1.82) is 0 Å². The van der Waals surface area contributed by atoms with Crippen molar-refractivity contribution in [3.63, 3.8) is 0 Å². The van der Waals surface area contributed by atoms with E-state index in [1.165, 1.54) is 7.11 Å². The Kier molecular flexibility index (Phi) is 8.51. The van der Waals surface area contributed by atoms with Crippen molar-refractivity contribution >= 4 is 13.5 Å². The molecular weight excluding hydrogens is 353 g/mol. The second-order valence-electron chi connectivity index (χ2n) is 5.69. The highest BCUT2D eigenvalue weighted by Crippen LogP contribution is 2.50. The van der Waals surface area contributed by atoms with E-state index in [0.717, 1.165) is 11.1 Å². The van der Waals surface area contributed by atoms with Crippen LogP contribution in [0.15, 0.2) is 60.7 Å². The van der Waals surface area contributed by atoms with E-state index in [4.69, 9.17) is 9.05 Å². The fourth-order valence-electron chi connectivity index (χ4n) is 2.26. The molecule has 0 atom stereocenters. The molecule has 0 aromatic heterocycles. The smallest absolute Gasteiger partial charge is 0.304 e. The third-order valence-corrected chi connectivity index (χ3v) is 5.50. The van der Waals surface area contributed by atoms with E-state index in [1.54, 1.807) is 0 Å². The van der Waals surface area contributed by atoms with Gasteiger partial charge in [-0.1, -0.05) is 60.7 Å². The molecule has 0 aliphatic carbocycles. The zero-order valence-electron chi connectivity index (χ0n) is 14.8. The van der Waals surface area contributed by atoms with Crippen LogP contribution in [-0.2, 0) is 36.5 Å². The number of benzene rings is 2. The number of carbonyl (C=O) groups excluding carboxylic acids is 1. The number of hydrogen-bond acceptors (Lipinski definition) is 5. The van der Waals surface area contributed by atoms with Crippen LogP contribution in [0.1, 0.15) is 24.0 Å². The van der Waals surface area contributed by atoms with Crippen molar-refractivity contribution in [2.24, 2.45) is 0 Å². The monoisotopic (exact) mass is 377 g/mol. The van der Waals surface area contributed by atoms with E-state index < -0.39 is 7.60 Å². The molecule has 0 aliphatic heterocycles. The van der Waals surface area contributed by atoms with Crippen LogP contribution < -0.4 is 5.48 Å². The first-order chi connectivity index (χ1) is 12.6. The van der Waals surface area contributed by atoms with Crippen molar-refractivity contribution in [1.82, 2.24) is 5.48 Å². The molecule has 6 nitrogen and oxygen atoms in total. The third-order valence-electron chi connectivity index (χ3n) is 3.59. The van der Waals surface area contributed by atoms with Crippen LogP contribution in [-0.4, -0.2) is 19.2 Å². The van der Waals surface area contributed by atoms with Crippen molar-refractivity contribution in [2.45, 2.75) is 26.1 Å². The van der Waals surface area contributed by atoms with Crippen molar-refractivity contribution in [3.8, 4) is 0 Å². The van der Waals surface area contributed by atoms with E-state index in [-0.39, 0.29) is 31.7 Å². The van der Waals surface area contributed by atoms with Crippen molar-refractivity contribution in [2.75, 3.05) is 13.3 Å². The highest BCUT2D eigenvalue weighted by atomic mass is 31.2. The molecule has 1 amide bonds. The molecule has 2 rings (SSSR count). The summed E-state index contributed by atoms with van der Waals surface area (Å²) in [6.45, 7) is 0.383. The van der Waals surface area contributed by atoms with Gasteiger partial charge >= 0.3 is 7.60 Å². The molecule has 1 N–H and O–H groups in total. The first-order valence-corrected chi connectivity index (χ1v) is 10.1. The summed E-state index contributed by atoms with van der Waals surface area (Å²) in [6, 6.07) is 19.0. The largest absolute Gasteiger partial charge is 0.331 e. The van der Waals surface area contributed by atoms with Gasteiger partial charge in [0.1, 0.15) is 0 Å². The van der Waals surface area contributed by atoms with Crippen LogP contribution in [0.25, 0.3) is 0 Å². The number of hydrogen-bond donors (Lipinski definition) is 1. The standard InChI is InChI=1S/C19H24NO5P/c1-23-20-19(21)13-8-14-26(22,24-15-17-9-4-2-5-10-17)25-16-18-11-6-3-7-12-18/h2-7,9-12H,8,13-16H2,1H3,(H,20,21). The summed E-state index contributed by atoms with van der Waals surface area (Å²) >= 11 is 0. The Morgan fingerprint density at radius 2 is 1.42 bits per heavy atom. The molecule has 2 aromatic carbocycles. The minimum Gasteiger partial charge on any atom is -0.304 e. The number of amides is 1. The summed E-state index contributed by atoms with van der Waals surface area (Å²) in [5, 5.41) is 0. The van der Waals surface area contributed by atoms with E-state index in [0.29, 0.717) is 6.42 Å². The van der Waals surface area contributed by atoms with Crippen molar-refractivity contribution in [3.05, 3.63) is 71.8 Å². The van der Waals surface area contributed by atoms with Gasteiger partial charge in [0, 0.05) is 6.42 Å². The number of nitrogens with one attached hydrogen (secondary N) is 1. The number of carbonyl (C=O) groups is 1. The van der Waals surface area contributed by atoms with E-state index in [1.807, 2.05) is 60.7 Å². The molecule has 2 aromatic rings. The number of rotatable bonds is 11. The van der Waals surface area contributed by atoms with E-state index in [2.05, 4.69) is 10.3 Å². The summed E-state index contributed by atoms with van der Waals surface area (Å²) in [5.74, 6) is -0.273. The molecule has 0 heterocycles. The summed E-state index contributed by atoms with van der Waals surface area (Å²) in [4.78, 5) is 16.0. The van der Waals surface area contributed by atoms with Crippen LogP contribution in [0.5, 0.6) is 0 Å². The molecule has 0 saturated heterocycles. The quantitative estimate of drug-likeness (QED) is 0.472. The zero-order valence-corrected chi connectivity index (χ0v) is 15.7. The molecule has 0 radical (unpaired) electrons. The summed E-state index contributed by atoms with van der Waals surface area (Å²) in [5.41, 5.74) is 4.06. The zero-order chi connectivity index (χ0) is 18.7. The van der Waals surface area contributed by atoms with Crippen LogP contribution in [0.3, 0.4) is 0 Å². The van der Waals surface area contributed by atoms with Gasteiger partial charge in [0.2, 0.25) is 5.91 Å². The third kappa shape index (κ3) is 7.50. The maximum Gasteiger partial charge on any atom is 0.331 e. The van der Waals surface area contributed by atoms with Crippen LogP contribution in [0.2, 0.25) is 0 Å².